The second-order valence-corrected chi connectivity index (χ2v) is 5.74. The number of allylic oxidation sites excluding steroid dienone is 2. The highest BCUT2D eigenvalue weighted by atomic mass is 35.5. The van der Waals surface area contributed by atoms with Crippen LogP contribution in [0.25, 0.3) is 22.0 Å². The lowest BCUT2D eigenvalue weighted by atomic mass is 10.0. The van der Waals surface area contributed by atoms with Crippen LogP contribution in [-0.2, 0) is 0 Å². The Bertz CT molecular complexity index is 899. The number of aromatic amines is 1. The van der Waals surface area contributed by atoms with E-state index in [-0.39, 0.29) is 5.75 Å². The van der Waals surface area contributed by atoms with Gasteiger partial charge in [0.25, 0.3) is 0 Å². The summed E-state index contributed by atoms with van der Waals surface area (Å²) in [6, 6.07) is 12.7. The van der Waals surface area contributed by atoms with Crippen LogP contribution in [0.15, 0.2) is 55.1 Å². The lowest BCUT2D eigenvalue weighted by molar-refractivity contribution is 0.475. The van der Waals surface area contributed by atoms with Crippen LogP contribution in [0.2, 0.25) is 0 Å². The second-order valence-electron chi connectivity index (χ2n) is 5.33. The van der Waals surface area contributed by atoms with Crippen molar-refractivity contribution in [1.29, 1.82) is 0 Å². The molecule has 0 radical (unpaired) electrons. The zero-order valence-corrected chi connectivity index (χ0v) is 13.7. The van der Waals surface area contributed by atoms with Crippen LogP contribution in [0.4, 0.5) is 0 Å². The molecule has 0 aliphatic heterocycles. The van der Waals surface area contributed by atoms with Gasteiger partial charge in [-0.15, -0.1) is 10.2 Å². The third kappa shape index (κ3) is 3.36. The predicted molar refractivity (Wildman–Crippen MR) is 95.3 cm³/mol. The number of rotatable bonds is 4. The first-order valence-electron chi connectivity index (χ1n) is 7.25. The molecule has 0 saturated carbocycles. The zero-order valence-electron chi connectivity index (χ0n) is 13.0. The molecule has 0 aliphatic rings. The van der Waals surface area contributed by atoms with Crippen molar-refractivity contribution in [1.82, 2.24) is 20.6 Å². The molecule has 120 valence electrons. The van der Waals surface area contributed by atoms with Crippen LogP contribution in [0, 0.1) is 6.92 Å². The Hall–Kier alpha value is -2.92. The van der Waals surface area contributed by atoms with Crippen molar-refractivity contribution in [2.75, 3.05) is 0 Å². The molecule has 24 heavy (non-hydrogen) atoms. The van der Waals surface area contributed by atoms with Gasteiger partial charge in [0, 0.05) is 10.6 Å². The van der Waals surface area contributed by atoms with Gasteiger partial charge in [-0.1, -0.05) is 48.5 Å². The number of aromatic nitrogens is 4. The van der Waals surface area contributed by atoms with Gasteiger partial charge in [0.15, 0.2) is 0 Å². The Kier molecular flexibility index (Phi) is 4.44. The molecular weight excluding hydrogens is 324 g/mol. The lowest BCUT2D eigenvalue weighted by Gasteiger charge is -2.07. The fourth-order valence-electron chi connectivity index (χ4n) is 2.30. The van der Waals surface area contributed by atoms with E-state index in [9.17, 15) is 5.11 Å². The minimum absolute atomic E-state index is 0.178. The fourth-order valence-corrected chi connectivity index (χ4v) is 2.63. The summed E-state index contributed by atoms with van der Waals surface area (Å²) in [5, 5.41) is 24.0. The number of phenols is 1. The molecule has 5 nitrogen and oxygen atoms in total. The summed E-state index contributed by atoms with van der Waals surface area (Å²) in [7, 11) is 0. The summed E-state index contributed by atoms with van der Waals surface area (Å²) in [4.78, 5) is 0. The van der Waals surface area contributed by atoms with Crippen molar-refractivity contribution >= 4 is 22.2 Å². The summed E-state index contributed by atoms with van der Waals surface area (Å²) in [5.74, 6) is 0.716. The van der Waals surface area contributed by atoms with E-state index < -0.39 is 0 Å². The van der Waals surface area contributed by atoms with Crippen LogP contribution in [0.5, 0.6) is 5.75 Å². The lowest BCUT2D eigenvalue weighted by Crippen LogP contribution is -1.86. The molecule has 3 rings (SSSR count). The Morgan fingerprint density at radius 1 is 1.21 bits per heavy atom. The average Bonchev–Trinajstić information content (AvgIpc) is 3.11. The summed E-state index contributed by atoms with van der Waals surface area (Å²) in [6.45, 7) is 6.00. The highest BCUT2D eigenvalue weighted by Gasteiger charge is 2.07. The average molecular weight is 339 g/mol. The monoisotopic (exact) mass is 338 g/mol. The van der Waals surface area contributed by atoms with Crippen LogP contribution in [0.1, 0.15) is 16.7 Å². The number of aromatic hydroxyl groups is 1. The summed E-state index contributed by atoms with van der Waals surface area (Å²) >= 11 is 6.40. The Labute approximate surface area is 144 Å². The topological polar surface area (TPSA) is 74.7 Å². The molecule has 0 aliphatic carbocycles. The largest absolute Gasteiger partial charge is 0.508 e. The number of nitrogens with one attached hydrogen (secondary N) is 1. The number of H-pyrrole nitrogens is 1. The van der Waals surface area contributed by atoms with Crippen LogP contribution >= 0.6 is 11.6 Å². The number of nitrogens with zero attached hydrogens (tertiary/aromatic N) is 3. The number of benzene rings is 2. The molecule has 0 atom stereocenters. The van der Waals surface area contributed by atoms with E-state index in [1.807, 2.05) is 37.3 Å². The third-order valence-electron chi connectivity index (χ3n) is 3.64. The molecule has 2 N–H and O–H groups in total. The molecule has 0 saturated heterocycles. The smallest absolute Gasteiger partial charge is 0.204 e. The first kappa shape index (κ1) is 16.0. The number of hydrogen-bond acceptors (Lipinski definition) is 4. The van der Waals surface area contributed by atoms with Crippen molar-refractivity contribution in [2.24, 2.45) is 0 Å². The van der Waals surface area contributed by atoms with Crippen molar-refractivity contribution < 1.29 is 5.11 Å². The maximum absolute atomic E-state index is 9.63. The highest BCUT2D eigenvalue weighted by molar-refractivity contribution is 6.49. The van der Waals surface area contributed by atoms with Gasteiger partial charge in [-0.05, 0) is 52.6 Å². The van der Waals surface area contributed by atoms with Crippen LogP contribution in [0.3, 0.4) is 0 Å². The molecule has 1 aromatic heterocycles. The standard InChI is InChI=1S/C18H15ClN4O/c1-11-3-8-15(24)10-16(11)17(19)9-12(2)13-4-6-14(7-5-13)18-20-22-23-21-18/h3-10,24H,2H2,1H3,(H,20,21,22,23)/b17-9+. The SMILES string of the molecule is C=C(/C=C(/Cl)c1cc(O)ccc1C)c1ccc(-c2nn[nH]n2)cc1. The van der Waals surface area contributed by atoms with Crippen molar-refractivity contribution in [3.63, 3.8) is 0 Å². The Morgan fingerprint density at radius 3 is 2.62 bits per heavy atom. The highest BCUT2D eigenvalue weighted by Crippen LogP contribution is 2.29. The Balaban J connectivity index is 1.85. The molecule has 1 heterocycles. The van der Waals surface area contributed by atoms with E-state index in [2.05, 4.69) is 27.2 Å². The minimum atomic E-state index is 0.178. The molecule has 2 aromatic carbocycles. The molecule has 0 amide bonds. The van der Waals surface area contributed by atoms with Gasteiger partial charge in [0.2, 0.25) is 5.82 Å². The van der Waals surface area contributed by atoms with Gasteiger partial charge < -0.3 is 5.11 Å². The quantitative estimate of drug-likeness (QED) is 0.700. The maximum atomic E-state index is 9.63. The number of hydrogen-bond donors (Lipinski definition) is 2. The second kappa shape index (κ2) is 6.68. The van der Waals surface area contributed by atoms with Gasteiger partial charge in [0.05, 0.1) is 0 Å². The van der Waals surface area contributed by atoms with E-state index in [1.165, 1.54) is 0 Å². The summed E-state index contributed by atoms with van der Waals surface area (Å²) < 4.78 is 0. The summed E-state index contributed by atoms with van der Waals surface area (Å²) in [6.07, 6.45) is 1.78. The first-order chi connectivity index (χ1) is 11.5. The van der Waals surface area contributed by atoms with Crippen LogP contribution < -0.4 is 0 Å². The van der Waals surface area contributed by atoms with Gasteiger partial charge >= 0.3 is 0 Å². The zero-order chi connectivity index (χ0) is 17.1. The minimum Gasteiger partial charge on any atom is -0.508 e. The van der Waals surface area contributed by atoms with E-state index >= 15 is 0 Å². The van der Waals surface area contributed by atoms with Crippen LogP contribution in [-0.4, -0.2) is 25.7 Å². The Morgan fingerprint density at radius 2 is 1.96 bits per heavy atom. The van der Waals surface area contributed by atoms with Crippen molar-refractivity contribution in [2.45, 2.75) is 6.92 Å². The molecule has 0 fully saturated rings. The molecule has 6 heteroatoms. The summed E-state index contributed by atoms with van der Waals surface area (Å²) in [5.41, 5.74) is 4.32. The van der Waals surface area contributed by atoms with E-state index in [0.717, 1.165) is 27.8 Å². The van der Waals surface area contributed by atoms with Crippen molar-refractivity contribution in [3.8, 4) is 17.1 Å². The molecule has 3 aromatic rings. The molecule has 0 spiro atoms. The number of phenolic OH excluding ortho intramolecular Hbond substituents is 1. The normalized spacial score (nSPS) is 11.5. The number of halogens is 1. The van der Waals surface area contributed by atoms with Crippen molar-refractivity contribution in [3.05, 3.63) is 71.8 Å². The predicted octanol–water partition coefficient (Wildman–Crippen LogP) is 4.17. The van der Waals surface area contributed by atoms with Gasteiger partial charge in [-0.3, -0.25) is 0 Å². The van der Waals surface area contributed by atoms with Gasteiger partial charge in [-0.25, -0.2) is 0 Å². The van der Waals surface area contributed by atoms with Gasteiger partial charge in [0.1, 0.15) is 5.75 Å². The maximum Gasteiger partial charge on any atom is 0.204 e. The van der Waals surface area contributed by atoms with E-state index in [0.29, 0.717) is 10.9 Å². The first-order valence-corrected chi connectivity index (χ1v) is 7.63. The molecular formula is C18H15ClN4O. The third-order valence-corrected chi connectivity index (χ3v) is 3.95. The van der Waals surface area contributed by atoms with E-state index in [4.69, 9.17) is 11.6 Å². The molecule has 0 bridgehead atoms. The number of tetrazole rings is 1. The van der Waals surface area contributed by atoms with Gasteiger partial charge in [-0.2, -0.15) is 5.21 Å². The van der Waals surface area contributed by atoms with E-state index in [1.54, 1.807) is 18.2 Å². The fraction of sp³-hybridized carbons (Fsp3) is 0.0556. The molecule has 0 unspecified atom stereocenters. The number of aryl methyl sites for hydroxylation is 1.